The SMILES string of the molecule is Cl.N.c1ccc(CP(c2ccccc2)c2ccccc2)cc1.c1ccc(CP(c2ccccc2)c2ccccc2)cc1. The predicted octanol–water partition coefficient (Wildman–Crippen LogP) is 9.22. The maximum atomic E-state index is 2.25. The summed E-state index contributed by atoms with van der Waals surface area (Å²) >= 11 is 0. The molecule has 0 radical (unpaired) electrons. The highest BCUT2D eigenvalue weighted by molar-refractivity contribution is 7.72. The fourth-order valence-electron chi connectivity index (χ4n) is 4.63. The van der Waals surface area contributed by atoms with E-state index in [9.17, 15) is 0 Å². The zero-order valence-corrected chi connectivity index (χ0v) is 26.3. The summed E-state index contributed by atoms with van der Waals surface area (Å²) in [6.45, 7) is 0. The average molecular weight is 606 g/mol. The van der Waals surface area contributed by atoms with Gasteiger partial charge in [-0.05, 0) is 48.2 Å². The molecule has 0 unspecified atom stereocenters. The van der Waals surface area contributed by atoms with Crippen LogP contribution in [0.15, 0.2) is 182 Å². The van der Waals surface area contributed by atoms with E-state index >= 15 is 0 Å². The Balaban J connectivity index is 0.000000220. The lowest BCUT2D eigenvalue weighted by atomic mass is 10.2. The highest BCUT2D eigenvalue weighted by Crippen LogP contribution is 2.38. The first-order chi connectivity index (χ1) is 19.9. The molecule has 0 aliphatic heterocycles. The lowest BCUT2D eigenvalue weighted by molar-refractivity contribution is 1.40. The molecule has 6 aromatic rings. The lowest BCUT2D eigenvalue weighted by Crippen LogP contribution is -2.12. The van der Waals surface area contributed by atoms with E-state index in [0.29, 0.717) is 0 Å². The molecule has 0 bridgehead atoms. The molecule has 1 nitrogen and oxygen atoms in total. The molecular weight excluding hydrogens is 568 g/mol. The van der Waals surface area contributed by atoms with Crippen molar-refractivity contribution in [3.8, 4) is 0 Å². The van der Waals surface area contributed by atoms with Crippen LogP contribution in [0.4, 0.5) is 0 Å². The van der Waals surface area contributed by atoms with Crippen LogP contribution in [0.2, 0.25) is 0 Å². The van der Waals surface area contributed by atoms with Crippen LogP contribution in [0.3, 0.4) is 0 Å². The molecule has 212 valence electrons. The summed E-state index contributed by atoms with van der Waals surface area (Å²) in [6.07, 6.45) is 2.20. The van der Waals surface area contributed by atoms with Crippen molar-refractivity contribution in [2.75, 3.05) is 0 Å². The monoisotopic (exact) mass is 605 g/mol. The molecule has 3 N–H and O–H groups in total. The summed E-state index contributed by atoms with van der Waals surface area (Å²) in [5, 5.41) is 5.77. The zero-order chi connectivity index (χ0) is 27.2. The van der Waals surface area contributed by atoms with Crippen LogP contribution >= 0.6 is 28.3 Å². The van der Waals surface area contributed by atoms with Gasteiger partial charge < -0.3 is 6.15 Å². The minimum Gasteiger partial charge on any atom is -0.344 e. The van der Waals surface area contributed by atoms with Gasteiger partial charge in [0.1, 0.15) is 0 Å². The summed E-state index contributed by atoms with van der Waals surface area (Å²) in [7, 11) is -0.654. The Morgan fingerprint density at radius 3 is 0.690 bits per heavy atom. The Hall–Kier alpha value is -3.57. The van der Waals surface area contributed by atoms with E-state index in [2.05, 4.69) is 182 Å². The molecule has 42 heavy (non-hydrogen) atoms. The molecule has 4 heteroatoms. The highest BCUT2D eigenvalue weighted by atomic mass is 35.5. The Labute approximate surface area is 260 Å². The largest absolute Gasteiger partial charge is 0.344 e. The van der Waals surface area contributed by atoms with Crippen LogP contribution in [-0.4, -0.2) is 0 Å². The van der Waals surface area contributed by atoms with E-state index in [1.807, 2.05) is 0 Å². The van der Waals surface area contributed by atoms with Crippen molar-refractivity contribution in [1.82, 2.24) is 6.15 Å². The highest BCUT2D eigenvalue weighted by Gasteiger charge is 2.14. The Kier molecular flexibility index (Phi) is 14.2. The van der Waals surface area contributed by atoms with Gasteiger partial charge in [-0.1, -0.05) is 182 Å². The Bertz CT molecular complexity index is 1320. The fourth-order valence-corrected chi connectivity index (χ4v) is 9.23. The van der Waals surface area contributed by atoms with Crippen molar-refractivity contribution in [2.24, 2.45) is 0 Å². The average Bonchev–Trinajstić information content (AvgIpc) is 3.05. The first-order valence-corrected chi connectivity index (χ1v) is 16.8. The molecular formula is C38H38ClNP2. The molecule has 6 aromatic carbocycles. The van der Waals surface area contributed by atoms with Crippen molar-refractivity contribution in [3.05, 3.63) is 193 Å². The first-order valence-electron chi connectivity index (χ1n) is 13.7. The summed E-state index contributed by atoms with van der Waals surface area (Å²) in [4.78, 5) is 0. The van der Waals surface area contributed by atoms with E-state index in [1.54, 1.807) is 0 Å². The van der Waals surface area contributed by atoms with Gasteiger partial charge in [0.15, 0.2) is 0 Å². The van der Waals surface area contributed by atoms with Crippen LogP contribution in [0.1, 0.15) is 11.1 Å². The second-order valence-electron chi connectivity index (χ2n) is 9.49. The fraction of sp³-hybridized carbons (Fsp3) is 0.0526. The minimum absolute atomic E-state index is 0. The van der Waals surface area contributed by atoms with Crippen LogP contribution in [0.5, 0.6) is 0 Å². The van der Waals surface area contributed by atoms with E-state index < -0.39 is 0 Å². The third-order valence-electron chi connectivity index (χ3n) is 6.64. The minimum atomic E-state index is -0.327. The number of hydrogen-bond donors (Lipinski definition) is 1. The van der Waals surface area contributed by atoms with Crippen LogP contribution in [0.25, 0.3) is 0 Å². The van der Waals surface area contributed by atoms with Gasteiger partial charge in [-0.2, -0.15) is 0 Å². The number of benzene rings is 6. The molecule has 0 saturated heterocycles. The molecule has 0 aromatic heterocycles. The van der Waals surface area contributed by atoms with E-state index in [-0.39, 0.29) is 34.4 Å². The predicted molar refractivity (Wildman–Crippen MR) is 191 cm³/mol. The number of rotatable bonds is 8. The van der Waals surface area contributed by atoms with Gasteiger partial charge in [0.25, 0.3) is 0 Å². The second kappa shape index (κ2) is 18.1. The number of hydrogen-bond acceptors (Lipinski definition) is 1. The zero-order valence-electron chi connectivity index (χ0n) is 23.7. The molecule has 0 amide bonds. The van der Waals surface area contributed by atoms with E-state index in [1.165, 1.54) is 32.3 Å². The quantitative estimate of drug-likeness (QED) is 0.172. The molecule has 0 aliphatic carbocycles. The molecule has 6 rings (SSSR count). The van der Waals surface area contributed by atoms with Gasteiger partial charge in [0.2, 0.25) is 0 Å². The summed E-state index contributed by atoms with van der Waals surface area (Å²) < 4.78 is 0. The molecule has 0 atom stereocenters. The Morgan fingerprint density at radius 2 is 0.476 bits per heavy atom. The molecule has 0 fully saturated rings. The lowest BCUT2D eigenvalue weighted by Gasteiger charge is -2.18. The van der Waals surface area contributed by atoms with Gasteiger partial charge in [0, 0.05) is 12.3 Å². The van der Waals surface area contributed by atoms with Crippen molar-refractivity contribution in [2.45, 2.75) is 12.3 Å². The van der Waals surface area contributed by atoms with Crippen LogP contribution in [-0.2, 0) is 12.3 Å². The van der Waals surface area contributed by atoms with E-state index in [0.717, 1.165) is 12.3 Å². The van der Waals surface area contributed by atoms with Gasteiger partial charge in [-0.15, -0.1) is 12.4 Å². The van der Waals surface area contributed by atoms with Gasteiger partial charge >= 0.3 is 0 Å². The van der Waals surface area contributed by atoms with E-state index in [4.69, 9.17) is 0 Å². The molecule has 0 saturated carbocycles. The topological polar surface area (TPSA) is 35.0 Å². The van der Waals surface area contributed by atoms with Crippen molar-refractivity contribution in [1.29, 1.82) is 0 Å². The summed E-state index contributed by atoms with van der Waals surface area (Å²) in [5.41, 5.74) is 2.82. The standard InChI is InChI=1S/2C19H17P.ClH.H3N/c2*1-4-10-17(11-5-1)16-20(18-12-6-2-7-13-18)19-14-8-3-9-15-19;;/h2*1-15H,16H2;1H;1H3. The van der Waals surface area contributed by atoms with Crippen LogP contribution < -0.4 is 27.4 Å². The molecule has 0 spiro atoms. The third kappa shape index (κ3) is 9.77. The van der Waals surface area contributed by atoms with Gasteiger partial charge in [-0.25, -0.2) is 0 Å². The van der Waals surface area contributed by atoms with Gasteiger partial charge in [0.05, 0.1) is 0 Å². The Morgan fingerprint density at radius 1 is 0.286 bits per heavy atom. The maximum absolute atomic E-state index is 2.25. The first kappa shape index (κ1) is 32.9. The molecule has 0 heterocycles. The number of halogens is 1. The third-order valence-corrected chi connectivity index (χ3v) is 11.7. The molecule has 0 aliphatic rings. The smallest absolute Gasteiger partial charge is 0.000743 e. The van der Waals surface area contributed by atoms with Gasteiger partial charge in [-0.3, -0.25) is 0 Å². The van der Waals surface area contributed by atoms with Crippen molar-refractivity contribution >= 4 is 49.5 Å². The van der Waals surface area contributed by atoms with Crippen molar-refractivity contribution < 1.29 is 0 Å². The maximum Gasteiger partial charge on any atom is 0.000743 e. The normalized spacial score (nSPS) is 10.1. The summed E-state index contributed by atoms with van der Waals surface area (Å²) in [5.74, 6) is 0. The summed E-state index contributed by atoms with van der Waals surface area (Å²) in [6, 6.07) is 65.0. The second-order valence-corrected chi connectivity index (χ2v) is 13.9. The van der Waals surface area contributed by atoms with Crippen LogP contribution in [0, 0.1) is 0 Å². The van der Waals surface area contributed by atoms with Crippen molar-refractivity contribution in [3.63, 3.8) is 0 Å².